The first kappa shape index (κ1) is 31.0. The van der Waals surface area contributed by atoms with Crippen molar-refractivity contribution < 1.29 is 24.3 Å². The van der Waals surface area contributed by atoms with Crippen LogP contribution < -0.4 is 27.8 Å². The number of aliphatic imine (C=N–C) groups is 1. The summed E-state index contributed by atoms with van der Waals surface area (Å²) in [5.74, 6) is -2.91. The SMILES string of the molecule is NC(N)=NCCCC(NC(=O)C1CCCN1C(=O)C(N)Cc1cnc[nH]1)C(=O)NC(Cc1c[nH]c2ccccc12)C(=O)O. The lowest BCUT2D eigenvalue weighted by molar-refractivity contribution is -0.143. The van der Waals surface area contributed by atoms with E-state index in [9.17, 15) is 24.3 Å². The van der Waals surface area contributed by atoms with E-state index in [4.69, 9.17) is 17.2 Å². The molecular weight excluding hydrogens is 556 g/mol. The summed E-state index contributed by atoms with van der Waals surface area (Å²) in [6.45, 7) is 0.552. The average Bonchev–Trinajstić information content (AvgIpc) is 3.75. The first-order valence-electron chi connectivity index (χ1n) is 14.1. The first-order chi connectivity index (χ1) is 20.6. The van der Waals surface area contributed by atoms with Gasteiger partial charge >= 0.3 is 5.97 Å². The van der Waals surface area contributed by atoms with Crippen LogP contribution in [0.5, 0.6) is 0 Å². The van der Waals surface area contributed by atoms with E-state index in [0.717, 1.165) is 16.5 Å². The molecule has 0 bridgehead atoms. The van der Waals surface area contributed by atoms with Crippen LogP contribution in [0.2, 0.25) is 0 Å². The number of carboxylic acids is 1. The predicted molar refractivity (Wildman–Crippen MR) is 158 cm³/mol. The van der Waals surface area contributed by atoms with Crippen molar-refractivity contribution in [2.24, 2.45) is 22.2 Å². The lowest BCUT2D eigenvalue weighted by Crippen LogP contribution is -2.57. The number of likely N-dealkylation sites (tertiary alicyclic amines) is 1. The zero-order chi connectivity index (χ0) is 30.9. The molecule has 3 aromatic rings. The smallest absolute Gasteiger partial charge is 0.326 e. The van der Waals surface area contributed by atoms with Crippen molar-refractivity contribution in [2.45, 2.75) is 62.7 Å². The number of carboxylic acid groups (broad SMARTS) is 1. The Balaban J connectivity index is 1.45. The van der Waals surface area contributed by atoms with Gasteiger partial charge in [0.1, 0.15) is 18.1 Å². The summed E-state index contributed by atoms with van der Waals surface area (Å²) in [6, 6.07) is 3.39. The number of amides is 3. The van der Waals surface area contributed by atoms with E-state index < -0.39 is 42.0 Å². The number of nitrogens with two attached hydrogens (primary N) is 3. The van der Waals surface area contributed by atoms with Gasteiger partial charge in [-0.15, -0.1) is 0 Å². The Morgan fingerprint density at radius 1 is 1.12 bits per heavy atom. The van der Waals surface area contributed by atoms with Gasteiger partial charge in [-0.25, -0.2) is 9.78 Å². The van der Waals surface area contributed by atoms with E-state index in [1.54, 1.807) is 12.4 Å². The topological polar surface area (TPSA) is 251 Å². The minimum absolute atomic E-state index is 0.0267. The molecule has 1 aliphatic rings. The molecule has 1 aromatic carbocycles. The highest BCUT2D eigenvalue weighted by Gasteiger charge is 2.38. The zero-order valence-corrected chi connectivity index (χ0v) is 23.7. The number of fused-ring (bicyclic) bond motifs is 1. The molecule has 4 atom stereocenters. The number of aromatic amines is 2. The maximum Gasteiger partial charge on any atom is 0.326 e. The molecule has 15 nitrogen and oxygen atoms in total. The molecule has 15 heteroatoms. The van der Waals surface area contributed by atoms with Crippen molar-refractivity contribution in [3.8, 4) is 0 Å². The molecule has 1 saturated heterocycles. The molecule has 1 aliphatic heterocycles. The maximum atomic E-state index is 13.4. The summed E-state index contributed by atoms with van der Waals surface area (Å²) < 4.78 is 0. The number of para-hydroxylation sites is 1. The van der Waals surface area contributed by atoms with E-state index in [0.29, 0.717) is 31.5 Å². The van der Waals surface area contributed by atoms with E-state index >= 15 is 0 Å². The first-order valence-corrected chi connectivity index (χ1v) is 14.1. The van der Waals surface area contributed by atoms with Gasteiger partial charge in [-0.05, 0) is 37.3 Å². The third-order valence-electron chi connectivity index (χ3n) is 7.44. The number of imidazole rings is 1. The van der Waals surface area contributed by atoms with Crippen LogP contribution in [0.15, 0.2) is 48.0 Å². The molecular formula is C28H38N10O5. The van der Waals surface area contributed by atoms with Crippen LogP contribution in [0.3, 0.4) is 0 Å². The number of hydrogen-bond donors (Lipinski definition) is 8. The minimum Gasteiger partial charge on any atom is -0.480 e. The van der Waals surface area contributed by atoms with Crippen LogP contribution >= 0.6 is 0 Å². The molecule has 0 spiro atoms. The predicted octanol–water partition coefficient (Wildman–Crippen LogP) is -0.898. The molecule has 4 unspecified atom stereocenters. The van der Waals surface area contributed by atoms with E-state index in [2.05, 4.69) is 30.6 Å². The van der Waals surface area contributed by atoms with Gasteiger partial charge in [0.2, 0.25) is 17.7 Å². The highest BCUT2D eigenvalue weighted by atomic mass is 16.4. The summed E-state index contributed by atoms with van der Waals surface area (Å²) in [4.78, 5) is 67.5. The normalized spacial score (nSPS) is 16.8. The van der Waals surface area contributed by atoms with Crippen LogP contribution in [0, 0.1) is 0 Å². The fourth-order valence-electron chi connectivity index (χ4n) is 5.27. The second-order valence-electron chi connectivity index (χ2n) is 10.6. The molecule has 230 valence electrons. The number of benzene rings is 1. The second kappa shape index (κ2) is 14.3. The summed E-state index contributed by atoms with van der Waals surface area (Å²) in [6.07, 6.45) is 6.49. The number of hydrogen-bond acceptors (Lipinski definition) is 7. The number of rotatable bonds is 14. The van der Waals surface area contributed by atoms with E-state index in [1.807, 2.05) is 24.3 Å². The molecule has 11 N–H and O–H groups in total. The number of nitrogens with zero attached hydrogens (tertiary/aromatic N) is 3. The lowest BCUT2D eigenvalue weighted by atomic mass is 10.0. The summed E-state index contributed by atoms with van der Waals surface area (Å²) in [7, 11) is 0. The van der Waals surface area contributed by atoms with Crippen LogP contribution in [0.1, 0.15) is 36.9 Å². The van der Waals surface area contributed by atoms with Crippen LogP contribution in [-0.4, -0.2) is 91.9 Å². The minimum atomic E-state index is -1.26. The fraction of sp³-hybridized carbons (Fsp3) is 0.429. The number of guanidine groups is 1. The van der Waals surface area contributed by atoms with Crippen LogP contribution in [0.4, 0.5) is 0 Å². The Bertz CT molecular complexity index is 1450. The summed E-state index contributed by atoms with van der Waals surface area (Å²) in [5.41, 5.74) is 19.2. The summed E-state index contributed by atoms with van der Waals surface area (Å²) >= 11 is 0. The monoisotopic (exact) mass is 594 g/mol. The molecule has 2 aromatic heterocycles. The summed E-state index contributed by atoms with van der Waals surface area (Å²) in [5, 5.41) is 16.1. The van der Waals surface area contributed by atoms with Gasteiger partial charge in [0.15, 0.2) is 5.96 Å². The Kier molecular flexibility index (Phi) is 10.3. The molecule has 0 radical (unpaired) electrons. The molecule has 4 rings (SSSR count). The van der Waals surface area contributed by atoms with Gasteiger partial charge in [-0.3, -0.25) is 19.4 Å². The lowest BCUT2D eigenvalue weighted by Gasteiger charge is -2.28. The van der Waals surface area contributed by atoms with Gasteiger partial charge in [0.25, 0.3) is 0 Å². The Morgan fingerprint density at radius 2 is 1.91 bits per heavy atom. The van der Waals surface area contributed by atoms with Gasteiger partial charge in [0, 0.05) is 54.9 Å². The van der Waals surface area contributed by atoms with Crippen molar-refractivity contribution >= 4 is 40.6 Å². The molecule has 3 amide bonds. The quantitative estimate of drug-likeness (QED) is 0.0653. The Morgan fingerprint density at radius 3 is 2.63 bits per heavy atom. The van der Waals surface area contributed by atoms with Gasteiger partial charge in [0.05, 0.1) is 12.4 Å². The van der Waals surface area contributed by atoms with Crippen LogP contribution in [0.25, 0.3) is 10.9 Å². The molecule has 43 heavy (non-hydrogen) atoms. The number of carbonyl (C=O) groups excluding carboxylic acids is 3. The van der Waals surface area contributed by atoms with E-state index in [1.165, 1.54) is 11.2 Å². The van der Waals surface area contributed by atoms with E-state index in [-0.39, 0.29) is 37.7 Å². The maximum absolute atomic E-state index is 13.4. The molecule has 0 aliphatic carbocycles. The number of aliphatic carboxylic acids is 1. The molecule has 1 fully saturated rings. The van der Waals surface area contributed by atoms with Gasteiger partial charge < -0.3 is 47.8 Å². The standard InChI is InChI=1S/C28H38N10O5/c29-19(12-17-14-32-15-35-17)26(41)38-10-4-8-23(38)25(40)36-21(7-3-9-33-28(30)31)24(39)37-22(27(42)43)11-16-13-34-20-6-2-1-5-18(16)20/h1-2,5-6,13-15,19,21-23,34H,3-4,7-12,29H2,(H,32,35)(H,36,40)(H,37,39)(H,42,43)(H4,30,31,33). The van der Waals surface area contributed by atoms with Crippen molar-refractivity contribution in [3.05, 3.63) is 54.2 Å². The Labute approximate surface area is 247 Å². The third-order valence-corrected chi connectivity index (χ3v) is 7.44. The Hall–Kier alpha value is -4.92. The van der Waals surface area contributed by atoms with Crippen molar-refractivity contribution in [3.63, 3.8) is 0 Å². The largest absolute Gasteiger partial charge is 0.480 e. The van der Waals surface area contributed by atoms with Gasteiger partial charge in [-0.1, -0.05) is 18.2 Å². The van der Waals surface area contributed by atoms with Crippen molar-refractivity contribution in [1.82, 2.24) is 30.5 Å². The third kappa shape index (κ3) is 8.09. The highest BCUT2D eigenvalue weighted by molar-refractivity contribution is 5.94. The number of carbonyl (C=O) groups is 4. The zero-order valence-electron chi connectivity index (χ0n) is 23.7. The molecule has 0 saturated carbocycles. The number of aromatic nitrogens is 3. The fourth-order valence-corrected chi connectivity index (χ4v) is 5.27. The number of nitrogens with one attached hydrogen (secondary N) is 4. The van der Waals surface area contributed by atoms with Gasteiger partial charge in [-0.2, -0.15) is 0 Å². The van der Waals surface area contributed by atoms with Crippen molar-refractivity contribution in [1.29, 1.82) is 0 Å². The second-order valence-corrected chi connectivity index (χ2v) is 10.6. The number of H-pyrrole nitrogens is 2. The molecule has 3 heterocycles. The van der Waals surface area contributed by atoms with Crippen LogP contribution in [-0.2, 0) is 32.0 Å². The average molecular weight is 595 g/mol. The highest BCUT2D eigenvalue weighted by Crippen LogP contribution is 2.21. The van der Waals surface area contributed by atoms with Crippen molar-refractivity contribution in [2.75, 3.05) is 13.1 Å².